The quantitative estimate of drug-likeness (QED) is 0.794. The fourth-order valence-electron chi connectivity index (χ4n) is 2.57. The molecule has 0 spiro atoms. The molecule has 0 radical (unpaired) electrons. The molecule has 1 aromatic rings. The second-order valence-electron chi connectivity index (χ2n) is 5.39. The first-order chi connectivity index (χ1) is 9.94. The van der Waals surface area contributed by atoms with Crippen LogP contribution in [0.1, 0.15) is 19.3 Å². The second kappa shape index (κ2) is 6.64. The van der Waals surface area contributed by atoms with Crippen molar-refractivity contribution in [1.82, 2.24) is 9.62 Å². The molecule has 7 heteroatoms. The predicted molar refractivity (Wildman–Crippen MR) is 82.9 cm³/mol. The molecule has 1 saturated heterocycles. The Morgan fingerprint density at radius 2 is 2.19 bits per heavy atom. The van der Waals surface area contributed by atoms with Gasteiger partial charge in [-0.1, -0.05) is 6.42 Å². The normalized spacial score (nSPS) is 20.4. The minimum atomic E-state index is -3.54. The molecule has 118 valence electrons. The molecule has 1 unspecified atom stereocenters. The number of rotatable bonds is 5. The van der Waals surface area contributed by atoms with Crippen LogP contribution >= 0.6 is 0 Å². The van der Waals surface area contributed by atoms with Crippen LogP contribution < -0.4 is 15.2 Å². The fraction of sp³-hybridized carbons (Fsp3) is 0.571. The molecule has 6 nitrogen and oxygen atoms in total. The summed E-state index contributed by atoms with van der Waals surface area (Å²) in [5.41, 5.74) is 6.08. The van der Waals surface area contributed by atoms with E-state index in [1.165, 1.54) is 25.7 Å². The van der Waals surface area contributed by atoms with E-state index in [-0.39, 0.29) is 10.9 Å². The third-order valence-corrected chi connectivity index (χ3v) is 5.36. The highest BCUT2D eigenvalue weighted by atomic mass is 32.2. The molecular weight excluding hydrogens is 290 g/mol. The largest absolute Gasteiger partial charge is 0.495 e. The molecule has 1 aromatic carbocycles. The smallest absolute Gasteiger partial charge is 0.240 e. The average Bonchev–Trinajstić information content (AvgIpc) is 2.46. The van der Waals surface area contributed by atoms with Gasteiger partial charge < -0.3 is 15.4 Å². The fourth-order valence-corrected chi connectivity index (χ4v) is 3.68. The van der Waals surface area contributed by atoms with E-state index in [0.29, 0.717) is 18.0 Å². The number of nitrogen functional groups attached to an aromatic ring is 1. The van der Waals surface area contributed by atoms with Gasteiger partial charge in [-0.25, -0.2) is 13.1 Å². The predicted octanol–water partition coefficient (Wildman–Crippen LogP) is 1.04. The maximum atomic E-state index is 12.3. The number of hydrogen-bond acceptors (Lipinski definition) is 5. The molecule has 1 atom stereocenters. The number of nitrogens with zero attached hydrogens (tertiary/aromatic N) is 1. The second-order valence-corrected chi connectivity index (χ2v) is 7.15. The first kappa shape index (κ1) is 16.1. The van der Waals surface area contributed by atoms with Gasteiger partial charge in [-0.3, -0.25) is 0 Å². The van der Waals surface area contributed by atoms with Crippen molar-refractivity contribution >= 4 is 15.7 Å². The summed E-state index contributed by atoms with van der Waals surface area (Å²) in [5.74, 6) is 0.473. The van der Waals surface area contributed by atoms with E-state index in [1.54, 1.807) is 6.07 Å². The van der Waals surface area contributed by atoms with Crippen LogP contribution in [-0.2, 0) is 10.0 Å². The van der Waals surface area contributed by atoms with E-state index in [4.69, 9.17) is 10.5 Å². The van der Waals surface area contributed by atoms with E-state index in [0.717, 1.165) is 19.4 Å². The zero-order chi connectivity index (χ0) is 15.5. The summed E-state index contributed by atoms with van der Waals surface area (Å²) in [7, 11) is -0.0145. The summed E-state index contributed by atoms with van der Waals surface area (Å²) < 4.78 is 32.3. The SMILES string of the molecule is COc1ccc(S(=O)(=O)NCC2CCCCN2C)cc1N. The van der Waals surface area contributed by atoms with Crippen LogP contribution in [-0.4, -0.2) is 46.6 Å². The van der Waals surface area contributed by atoms with Crippen LogP contribution in [0.4, 0.5) is 5.69 Å². The molecule has 21 heavy (non-hydrogen) atoms. The van der Waals surface area contributed by atoms with Crippen LogP contribution in [0.5, 0.6) is 5.75 Å². The van der Waals surface area contributed by atoms with Gasteiger partial charge in [-0.05, 0) is 44.6 Å². The average molecular weight is 313 g/mol. The summed E-state index contributed by atoms with van der Waals surface area (Å²) in [6, 6.07) is 4.74. The number of benzene rings is 1. The summed E-state index contributed by atoms with van der Waals surface area (Å²) in [4.78, 5) is 2.37. The molecule has 0 bridgehead atoms. The molecule has 0 aliphatic carbocycles. The summed E-state index contributed by atoms with van der Waals surface area (Å²) in [5, 5.41) is 0. The van der Waals surface area contributed by atoms with E-state index < -0.39 is 10.0 Å². The van der Waals surface area contributed by atoms with E-state index >= 15 is 0 Å². The zero-order valence-electron chi connectivity index (χ0n) is 12.5. The van der Waals surface area contributed by atoms with Crippen molar-refractivity contribution in [3.05, 3.63) is 18.2 Å². The molecule has 0 amide bonds. The number of ether oxygens (including phenoxy) is 1. The van der Waals surface area contributed by atoms with Crippen molar-refractivity contribution < 1.29 is 13.2 Å². The lowest BCUT2D eigenvalue weighted by atomic mass is 10.0. The van der Waals surface area contributed by atoms with Crippen LogP contribution in [0, 0.1) is 0 Å². The van der Waals surface area contributed by atoms with Crippen molar-refractivity contribution in [2.75, 3.05) is 33.0 Å². The van der Waals surface area contributed by atoms with Gasteiger partial charge in [-0.2, -0.15) is 0 Å². The van der Waals surface area contributed by atoms with Crippen LogP contribution in [0.15, 0.2) is 23.1 Å². The first-order valence-electron chi connectivity index (χ1n) is 7.07. The van der Waals surface area contributed by atoms with Gasteiger partial charge in [0.15, 0.2) is 0 Å². The van der Waals surface area contributed by atoms with Crippen LogP contribution in [0.3, 0.4) is 0 Å². The Hall–Kier alpha value is -1.31. The number of methoxy groups -OCH3 is 1. The standard InChI is InChI=1S/C14H23N3O3S/c1-17-8-4-3-5-11(17)10-16-21(18,19)12-6-7-14(20-2)13(15)9-12/h6-7,9,11,16H,3-5,8,10,15H2,1-2H3. The number of hydrogen-bond donors (Lipinski definition) is 2. The zero-order valence-corrected chi connectivity index (χ0v) is 13.3. The van der Waals surface area contributed by atoms with Gasteiger partial charge in [0.25, 0.3) is 0 Å². The Morgan fingerprint density at radius 1 is 1.43 bits per heavy atom. The maximum absolute atomic E-state index is 12.3. The Morgan fingerprint density at radius 3 is 2.81 bits per heavy atom. The van der Waals surface area contributed by atoms with Crippen molar-refractivity contribution in [3.8, 4) is 5.75 Å². The van der Waals surface area contributed by atoms with Gasteiger partial charge in [0.1, 0.15) is 5.75 Å². The molecule has 1 aliphatic rings. The van der Waals surface area contributed by atoms with Crippen LogP contribution in [0.2, 0.25) is 0 Å². The Balaban J connectivity index is 2.06. The lowest BCUT2D eigenvalue weighted by molar-refractivity contribution is 0.187. The first-order valence-corrected chi connectivity index (χ1v) is 8.56. The third-order valence-electron chi connectivity index (χ3n) is 3.94. The van der Waals surface area contributed by atoms with Gasteiger partial charge >= 0.3 is 0 Å². The van der Waals surface area contributed by atoms with E-state index in [2.05, 4.69) is 9.62 Å². The molecular formula is C14H23N3O3S. The minimum absolute atomic E-state index is 0.166. The van der Waals surface area contributed by atoms with Crippen molar-refractivity contribution in [3.63, 3.8) is 0 Å². The molecule has 2 rings (SSSR count). The van der Waals surface area contributed by atoms with Gasteiger partial charge in [-0.15, -0.1) is 0 Å². The number of sulfonamides is 1. The maximum Gasteiger partial charge on any atom is 0.240 e. The Labute approximate surface area is 126 Å². The summed E-state index contributed by atoms with van der Waals surface area (Å²) in [6.45, 7) is 1.44. The monoisotopic (exact) mass is 313 g/mol. The van der Waals surface area contributed by atoms with Crippen molar-refractivity contribution in [2.24, 2.45) is 0 Å². The van der Waals surface area contributed by atoms with Gasteiger partial charge in [0.05, 0.1) is 17.7 Å². The number of likely N-dealkylation sites (N-methyl/N-ethyl adjacent to an activating group) is 1. The highest BCUT2D eigenvalue weighted by Gasteiger charge is 2.22. The van der Waals surface area contributed by atoms with Crippen molar-refractivity contribution in [2.45, 2.75) is 30.2 Å². The Kier molecular flexibility index (Phi) is 5.08. The molecule has 1 fully saturated rings. The lowest BCUT2D eigenvalue weighted by Gasteiger charge is -2.32. The number of nitrogens with one attached hydrogen (secondary N) is 1. The lowest BCUT2D eigenvalue weighted by Crippen LogP contribution is -2.44. The molecule has 3 N–H and O–H groups in total. The molecule has 0 saturated carbocycles. The molecule has 0 aromatic heterocycles. The van der Waals surface area contributed by atoms with E-state index in [1.807, 2.05) is 7.05 Å². The minimum Gasteiger partial charge on any atom is -0.495 e. The van der Waals surface area contributed by atoms with Gasteiger partial charge in [0.2, 0.25) is 10.0 Å². The number of nitrogens with two attached hydrogens (primary N) is 1. The third kappa shape index (κ3) is 3.87. The highest BCUT2D eigenvalue weighted by Crippen LogP contribution is 2.24. The Bertz CT molecular complexity index is 589. The summed E-state index contributed by atoms with van der Waals surface area (Å²) >= 11 is 0. The number of piperidine rings is 1. The summed E-state index contributed by atoms with van der Waals surface area (Å²) in [6.07, 6.45) is 3.34. The number of likely N-dealkylation sites (tertiary alicyclic amines) is 1. The van der Waals surface area contributed by atoms with E-state index in [9.17, 15) is 8.42 Å². The van der Waals surface area contributed by atoms with Crippen molar-refractivity contribution in [1.29, 1.82) is 0 Å². The molecule has 1 aliphatic heterocycles. The highest BCUT2D eigenvalue weighted by molar-refractivity contribution is 7.89. The molecule has 1 heterocycles. The number of anilines is 1. The van der Waals surface area contributed by atoms with Gasteiger partial charge in [0, 0.05) is 12.6 Å². The topological polar surface area (TPSA) is 84.7 Å². The van der Waals surface area contributed by atoms with Crippen LogP contribution in [0.25, 0.3) is 0 Å².